The van der Waals surface area contributed by atoms with Crippen LogP contribution in [0.4, 0.5) is 0 Å². The number of hydrogen-bond acceptors (Lipinski definition) is 0. The monoisotopic (exact) mass is 389 g/mol. The fourth-order valence-electron chi connectivity index (χ4n) is 3.52. The summed E-state index contributed by atoms with van der Waals surface area (Å²) in [5.41, 5.74) is 6.75. The standard InChI is InChI=1S/C23H20BrN/c1-17-21(14-18-8-4-2-5-9-18)22-15-20(24)12-13-23(22)25(17)16-19-10-6-3-7-11-19/h2-13,15H,14,16H2,1H3. The van der Waals surface area contributed by atoms with Crippen molar-refractivity contribution in [2.45, 2.75) is 19.9 Å². The second kappa shape index (κ2) is 6.89. The van der Waals surface area contributed by atoms with Gasteiger partial charge in [0.2, 0.25) is 0 Å². The van der Waals surface area contributed by atoms with Crippen molar-refractivity contribution in [3.63, 3.8) is 0 Å². The van der Waals surface area contributed by atoms with Crippen LogP contribution in [-0.4, -0.2) is 4.57 Å². The Morgan fingerprint density at radius 3 is 2.12 bits per heavy atom. The number of hydrogen-bond donors (Lipinski definition) is 0. The Morgan fingerprint density at radius 2 is 1.44 bits per heavy atom. The molecule has 4 aromatic rings. The van der Waals surface area contributed by atoms with E-state index in [2.05, 4.69) is 106 Å². The third kappa shape index (κ3) is 3.27. The molecule has 124 valence electrons. The second-order valence-corrected chi connectivity index (χ2v) is 7.38. The van der Waals surface area contributed by atoms with E-state index < -0.39 is 0 Å². The second-order valence-electron chi connectivity index (χ2n) is 6.46. The van der Waals surface area contributed by atoms with Gasteiger partial charge < -0.3 is 4.57 Å². The number of halogens is 1. The summed E-state index contributed by atoms with van der Waals surface area (Å²) in [6, 6.07) is 28.0. The average molecular weight is 390 g/mol. The van der Waals surface area contributed by atoms with Gasteiger partial charge in [0.05, 0.1) is 0 Å². The molecule has 25 heavy (non-hydrogen) atoms. The van der Waals surface area contributed by atoms with Crippen LogP contribution in [0.5, 0.6) is 0 Å². The molecule has 0 atom stereocenters. The summed E-state index contributed by atoms with van der Waals surface area (Å²) in [5.74, 6) is 0. The lowest BCUT2D eigenvalue weighted by atomic mass is 10.0. The number of fused-ring (bicyclic) bond motifs is 1. The molecule has 0 saturated carbocycles. The average Bonchev–Trinajstić information content (AvgIpc) is 2.89. The van der Waals surface area contributed by atoms with Crippen LogP contribution in [0.3, 0.4) is 0 Å². The first-order valence-corrected chi connectivity index (χ1v) is 9.37. The molecule has 1 nitrogen and oxygen atoms in total. The van der Waals surface area contributed by atoms with E-state index in [4.69, 9.17) is 0 Å². The molecule has 0 amide bonds. The van der Waals surface area contributed by atoms with E-state index in [1.54, 1.807) is 0 Å². The lowest BCUT2D eigenvalue weighted by molar-refractivity contribution is 0.798. The Kier molecular flexibility index (Phi) is 4.46. The molecule has 0 saturated heterocycles. The van der Waals surface area contributed by atoms with Crippen molar-refractivity contribution in [1.82, 2.24) is 4.57 Å². The molecule has 1 aromatic heterocycles. The summed E-state index contributed by atoms with van der Waals surface area (Å²) in [7, 11) is 0. The predicted molar refractivity (Wildman–Crippen MR) is 109 cm³/mol. The van der Waals surface area contributed by atoms with Crippen molar-refractivity contribution < 1.29 is 0 Å². The Bertz CT molecular complexity index is 1000. The van der Waals surface area contributed by atoms with Gasteiger partial charge in [0.15, 0.2) is 0 Å². The SMILES string of the molecule is Cc1c(Cc2ccccc2)c2cc(Br)ccc2n1Cc1ccccc1. The van der Waals surface area contributed by atoms with Crippen molar-refractivity contribution in [3.05, 3.63) is 106 Å². The first-order chi connectivity index (χ1) is 12.2. The molecule has 0 radical (unpaired) electrons. The predicted octanol–water partition coefficient (Wildman–Crippen LogP) is 6.35. The zero-order valence-corrected chi connectivity index (χ0v) is 15.8. The van der Waals surface area contributed by atoms with Crippen LogP contribution in [0.1, 0.15) is 22.4 Å². The van der Waals surface area contributed by atoms with Gasteiger partial charge in [0.1, 0.15) is 0 Å². The Balaban J connectivity index is 1.84. The fraction of sp³-hybridized carbons (Fsp3) is 0.130. The Hall–Kier alpha value is -2.32. The maximum absolute atomic E-state index is 3.64. The molecule has 0 aliphatic heterocycles. The molecule has 0 spiro atoms. The van der Waals surface area contributed by atoms with Gasteiger partial charge in [0, 0.05) is 27.6 Å². The molecule has 0 aliphatic carbocycles. The van der Waals surface area contributed by atoms with Crippen molar-refractivity contribution >= 4 is 26.8 Å². The summed E-state index contributed by atoms with van der Waals surface area (Å²) in [4.78, 5) is 0. The van der Waals surface area contributed by atoms with Gasteiger partial charge in [-0.3, -0.25) is 0 Å². The molecule has 0 bridgehead atoms. The topological polar surface area (TPSA) is 4.93 Å². The molecule has 0 N–H and O–H groups in total. The fourth-order valence-corrected chi connectivity index (χ4v) is 3.88. The highest BCUT2D eigenvalue weighted by atomic mass is 79.9. The zero-order valence-electron chi connectivity index (χ0n) is 14.2. The largest absolute Gasteiger partial charge is 0.340 e. The van der Waals surface area contributed by atoms with Gasteiger partial charge in [-0.1, -0.05) is 76.6 Å². The number of benzene rings is 3. The van der Waals surface area contributed by atoms with Crippen LogP contribution < -0.4 is 0 Å². The van der Waals surface area contributed by atoms with Gasteiger partial charge in [-0.15, -0.1) is 0 Å². The van der Waals surface area contributed by atoms with Crippen molar-refractivity contribution in [3.8, 4) is 0 Å². The van der Waals surface area contributed by atoms with Gasteiger partial charge in [-0.05, 0) is 48.2 Å². The van der Waals surface area contributed by atoms with E-state index in [1.165, 1.54) is 33.3 Å². The number of rotatable bonds is 4. The molecule has 1 heterocycles. The van der Waals surface area contributed by atoms with E-state index in [0.717, 1.165) is 17.4 Å². The van der Waals surface area contributed by atoms with Gasteiger partial charge in [-0.25, -0.2) is 0 Å². The molecule has 0 unspecified atom stereocenters. The number of nitrogens with zero attached hydrogens (tertiary/aromatic N) is 1. The minimum absolute atomic E-state index is 0.902. The molecule has 0 aliphatic rings. The maximum atomic E-state index is 3.64. The lowest BCUT2D eigenvalue weighted by Crippen LogP contribution is -2.02. The lowest BCUT2D eigenvalue weighted by Gasteiger charge is -2.09. The van der Waals surface area contributed by atoms with E-state index >= 15 is 0 Å². The zero-order chi connectivity index (χ0) is 17.2. The highest BCUT2D eigenvalue weighted by molar-refractivity contribution is 9.10. The molecule has 2 heteroatoms. The minimum atomic E-state index is 0.902. The van der Waals surface area contributed by atoms with Crippen LogP contribution in [0, 0.1) is 6.92 Å². The van der Waals surface area contributed by atoms with Crippen molar-refractivity contribution in [2.75, 3.05) is 0 Å². The Labute approximate surface area is 157 Å². The highest BCUT2D eigenvalue weighted by Crippen LogP contribution is 2.31. The van der Waals surface area contributed by atoms with E-state index in [0.29, 0.717) is 0 Å². The molecule has 0 fully saturated rings. The number of aromatic nitrogens is 1. The highest BCUT2D eigenvalue weighted by Gasteiger charge is 2.15. The van der Waals surface area contributed by atoms with Crippen LogP contribution in [0.25, 0.3) is 10.9 Å². The third-order valence-corrected chi connectivity index (χ3v) is 5.32. The van der Waals surface area contributed by atoms with E-state index in [1.807, 2.05) is 0 Å². The van der Waals surface area contributed by atoms with Crippen molar-refractivity contribution in [1.29, 1.82) is 0 Å². The smallest absolute Gasteiger partial charge is 0.0489 e. The molecule has 4 rings (SSSR count). The van der Waals surface area contributed by atoms with Gasteiger partial charge >= 0.3 is 0 Å². The summed E-state index contributed by atoms with van der Waals surface area (Å²) < 4.78 is 3.57. The van der Waals surface area contributed by atoms with Gasteiger partial charge in [-0.2, -0.15) is 0 Å². The Morgan fingerprint density at radius 1 is 0.800 bits per heavy atom. The molecular formula is C23H20BrN. The van der Waals surface area contributed by atoms with Crippen LogP contribution >= 0.6 is 15.9 Å². The van der Waals surface area contributed by atoms with Crippen LogP contribution in [0.15, 0.2) is 83.3 Å². The summed E-state index contributed by atoms with van der Waals surface area (Å²) in [5, 5.41) is 1.34. The summed E-state index contributed by atoms with van der Waals surface area (Å²) >= 11 is 3.64. The van der Waals surface area contributed by atoms with E-state index in [9.17, 15) is 0 Å². The molecule has 3 aromatic carbocycles. The van der Waals surface area contributed by atoms with Crippen LogP contribution in [-0.2, 0) is 13.0 Å². The maximum Gasteiger partial charge on any atom is 0.0489 e. The molecular weight excluding hydrogens is 370 g/mol. The van der Waals surface area contributed by atoms with Crippen molar-refractivity contribution in [2.24, 2.45) is 0 Å². The first-order valence-electron chi connectivity index (χ1n) is 8.57. The third-order valence-electron chi connectivity index (χ3n) is 4.82. The van der Waals surface area contributed by atoms with E-state index in [-0.39, 0.29) is 0 Å². The van der Waals surface area contributed by atoms with Gasteiger partial charge in [0.25, 0.3) is 0 Å². The minimum Gasteiger partial charge on any atom is -0.340 e. The first kappa shape index (κ1) is 16.2. The summed E-state index contributed by atoms with van der Waals surface area (Å²) in [6.45, 7) is 3.15. The normalized spacial score (nSPS) is 11.1. The summed E-state index contributed by atoms with van der Waals surface area (Å²) in [6.07, 6.45) is 0.960. The quantitative estimate of drug-likeness (QED) is 0.383. The van der Waals surface area contributed by atoms with Crippen LogP contribution in [0.2, 0.25) is 0 Å².